The number of amides is 1. The summed E-state index contributed by atoms with van der Waals surface area (Å²) in [5, 5.41) is 3.72. The number of carbonyl (C=O) groups excluding carboxylic acids is 1. The lowest BCUT2D eigenvalue weighted by Gasteiger charge is -2.25. The van der Waals surface area contributed by atoms with E-state index in [1.807, 2.05) is 19.1 Å². The Morgan fingerprint density at radius 2 is 2.15 bits per heavy atom. The smallest absolute Gasteiger partial charge is 0.261 e. The molecule has 0 aliphatic heterocycles. The van der Waals surface area contributed by atoms with Crippen LogP contribution in [0.5, 0.6) is 5.75 Å². The number of hydrogen-bond donors (Lipinski definition) is 1. The van der Waals surface area contributed by atoms with Crippen LogP contribution in [0, 0.1) is 0 Å². The predicted molar refractivity (Wildman–Crippen MR) is 81.2 cm³/mol. The molecule has 1 aliphatic rings. The van der Waals surface area contributed by atoms with Crippen LogP contribution in [0.3, 0.4) is 0 Å². The minimum atomic E-state index is -0.449. The van der Waals surface area contributed by atoms with Gasteiger partial charge in [-0.25, -0.2) is 0 Å². The molecule has 1 fully saturated rings. The van der Waals surface area contributed by atoms with E-state index in [0.717, 1.165) is 12.8 Å². The first-order valence-electron chi connectivity index (χ1n) is 7.41. The van der Waals surface area contributed by atoms with Gasteiger partial charge in [-0.2, -0.15) is 0 Å². The van der Waals surface area contributed by atoms with Crippen LogP contribution < -0.4 is 10.1 Å². The molecule has 1 aromatic carbocycles. The van der Waals surface area contributed by atoms with Crippen LogP contribution in [0.2, 0.25) is 5.02 Å². The maximum Gasteiger partial charge on any atom is 0.261 e. The monoisotopic (exact) mass is 295 g/mol. The van der Waals surface area contributed by atoms with Crippen molar-refractivity contribution in [3.05, 3.63) is 29.3 Å². The number of ether oxygens (including phenoxy) is 1. The minimum Gasteiger partial charge on any atom is -0.481 e. The summed E-state index contributed by atoms with van der Waals surface area (Å²) < 4.78 is 5.75. The van der Waals surface area contributed by atoms with Crippen molar-refractivity contribution in [3.8, 4) is 5.75 Å². The van der Waals surface area contributed by atoms with Crippen molar-refractivity contribution in [2.75, 3.05) is 0 Å². The average molecular weight is 296 g/mol. The first-order valence-corrected chi connectivity index (χ1v) is 7.79. The van der Waals surface area contributed by atoms with Gasteiger partial charge in [-0.3, -0.25) is 4.79 Å². The average Bonchev–Trinajstić information content (AvgIpc) is 2.46. The van der Waals surface area contributed by atoms with Crippen molar-refractivity contribution in [1.82, 2.24) is 5.32 Å². The highest BCUT2D eigenvalue weighted by Gasteiger charge is 2.22. The van der Waals surface area contributed by atoms with Crippen molar-refractivity contribution < 1.29 is 9.53 Å². The largest absolute Gasteiger partial charge is 0.481 e. The first kappa shape index (κ1) is 15.2. The van der Waals surface area contributed by atoms with E-state index in [9.17, 15) is 4.79 Å². The van der Waals surface area contributed by atoms with Gasteiger partial charge < -0.3 is 10.1 Å². The molecule has 2 rings (SSSR count). The van der Waals surface area contributed by atoms with Crippen LogP contribution >= 0.6 is 11.6 Å². The van der Waals surface area contributed by atoms with Gasteiger partial charge in [0.15, 0.2) is 6.10 Å². The molecule has 1 amide bonds. The van der Waals surface area contributed by atoms with Gasteiger partial charge in [0.25, 0.3) is 5.91 Å². The molecule has 0 unspecified atom stereocenters. The Morgan fingerprint density at radius 1 is 1.40 bits per heavy atom. The lowest BCUT2D eigenvalue weighted by atomic mass is 9.95. The highest BCUT2D eigenvalue weighted by molar-refractivity contribution is 6.30. The zero-order chi connectivity index (χ0) is 14.4. The van der Waals surface area contributed by atoms with E-state index in [-0.39, 0.29) is 5.91 Å². The lowest BCUT2D eigenvalue weighted by molar-refractivity contribution is -0.129. The van der Waals surface area contributed by atoms with Gasteiger partial charge in [0.2, 0.25) is 0 Å². The Morgan fingerprint density at radius 3 is 2.80 bits per heavy atom. The molecule has 0 aromatic heterocycles. The fraction of sp³-hybridized carbons (Fsp3) is 0.562. The fourth-order valence-electron chi connectivity index (χ4n) is 2.57. The molecule has 110 valence electrons. The summed E-state index contributed by atoms with van der Waals surface area (Å²) in [7, 11) is 0. The third-order valence-electron chi connectivity index (χ3n) is 3.69. The minimum absolute atomic E-state index is 0.0145. The van der Waals surface area contributed by atoms with Gasteiger partial charge in [0.05, 0.1) is 0 Å². The highest BCUT2D eigenvalue weighted by Crippen LogP contribution is 2.20. The maximum atomic E-state index is 12.3. The molecular formula is C16H22ClNO2. The Kier molecular flexibility index (Phi) is 5.72. The van der Waals surface area contributed by atoms with E-state index in [4.69, 9.17) is 16.3 Å². The molecule has 1 N–H and O–H groups in total. The van der Waals surface area contributed by atoms with Crippen LogP contribution in [-0.4, -0.2) is 18.1 Å². The summed E-state index contributed by atoms with van der Waals surface area (Å²) in [6.07, 6.45) is 6.05. The number of rotatable bonds is 5. The quantitative estimate of drug-likeness (QED) is 0.893. The summed E-state index contributed by atoms with van der Waals surface area (Å²) in [5.41, 5.74) is 0. The maximum absolute atomic E-state index is 12.3. The van der Waals surface area contributed by atoms with E-state index >= 15 is 0 Å². The highest BCUT2D eigenvalue weighted by atomic mass is 35.5. The van der Waals surface area contributed by atoms with Crippen LogP contribution in [-0.2, 0) is 4.79 Å². The molecule has 0 heterocycles. The Balaban J connectivity index is 1.91. The van der Waals surface area contributed by atoms with E-state index in [0.29, 0.717) is 23.2 Å². The van der Waals surface area contributed by atoms with Gasteiger partial charge in [-0.05, 0) is 37.5 Å². The first-order chi connectivity index (χ1) is 9.69. The summed E-state index contributed by atoms with van der Waals surface area (Å²) >= 11 is 5.93. The summed E-state index contributed by atoms with van der Waals surface area (Å²) in [4.78, 5) is 12.3. The molecule has 0 radical (unpaired) electrons. The third kappa shape index (κ3) is 4.41. The van der Waals surface area contributed by atoms with Crippen molar-refractivity contribution >= 4 is 17.5 Å². The normalized spacial score (nSPS) is 17.5. The predicted octanol–water partition coefficient (Wildman–Crippen LogP) is 3.95. The van der Waals surface area contributed by atoms with Gasteiger partial charge in [0, 0.05) is 11.1 Å². The third-order valence-corrected chi connectivity index (χ3v) is 3.92. The number of halogens is 1. The topological polar surface area (TPSA) is 38.3 Å². The molecule has 1 aromatic rings. The molecule has 3 nitrogen and oxygen atoms in total. The molecule has 1 atom stereocenters. The van der Waals surface area contributed by atoms with Crippen molar-refractivity contribution in [2.45, 2.75) is 57.6 Å². The number of benzene rings is 1. The van der Waals surface area contributed by atoms with Gasteiger partial charge >= 0.3 is 0 Å². The number of carbonyl (C=O) groups is 1. The van der Waals surface area contributed by atoms with Gasteiger partial charge in [-0.15, -0.1) is 0 Å². The van der Waals surface area contributed by atoms with Crippen LogP contribution in [0.1, 0.15) is 45.4 Å². The molecule has 0 saturated heterocycles. The molecule has 0 spiro atoms. The molecule has 1 aliphatic carbocycles. The van der Waals surface area contributed by atoms with E-state index < -0.39 is 6.10 Å². The SMILES string of the molecule is CC[C@H](Oc1cccc(Cl)c1)C(=O)NC1CCCCC1. The Bertz CT molecular complexity index is 444. The number of nitrogens with one attached hydrogen (secondary N) is 1. The van der Waals surface area contributed by atoms with E-state index in [1.165, 1.54) is 19.3 Å². The zero-order valence-electron chi connectivity index (χ0n) is 11.9. The Labute approximate surface area is 125 Å². The summed E-state index contributed by atoms with van der Waals surface area (Å²) in [5.74, 6) is 0.627. The molecular weight excluding hydrogens is 274 g/mol. The standard InChI is InChI=1S/C16H22ClNO2/c1-2-15(20-14-10-6-7-12(17)11-14)16(19)18-13-8-4-3-5-9-13/h6-7,10-11,13,15H,2-5,8-9H2,1H3,(H,18,19)/t15-/m0/s1. The van der Waals surface area contributed by atoms with Crippen molar-refractivity contribution in [3.63, 3.8) is 0 Å². The summed E-state index contributed by atoms with van der Waals surface area (Å²) in [6, 6.07) is 7.48. The number of hydrogen-bond acceptors (Lipinski definition) is 2. The molecule has 20 heavy (non-hydrogen) atoms. The van der Waals surface area contributed by atoms with E-state index in [2.05, 4.69) is 5.32 Å². The van der Waals surface area contributed by atoms with Crippen LogP contribution in [0.4, 0.5) is 0 Å². The van der Waals surface area contributed by atoms with E-state index in [1.54, 1.807) is 12.1 Å². The molecule has 0 bridgehead atoms. The second kappa shape index (κ2) is 7.53. The molecule has 4 heteroatoms. The molecule has 1 saturated carbocycles. The fourth-order valence-corrected chi connectivity index (χ4v) is 2.75. The van der Waals surface area contributed by atoms with Crippen LogP contribution in [0.15, 0.2) is 24.3 Å². The second-order valence-electron chi connectivity index (χ2n) is 5.32. The van der Waals surface area contributed by atoms with Crippen molar-refractivity contribution in [2.24, 2.45) is 0 Å². The Hall–Kier alpha value is -1.22. The van der Waals surface area contributed by atoms with Crippen molar-refractivity contribution in [1.29, 1.82) is 0 Å². The van der Waals surface area contributed by atoms with Crippen LogP contribution in [0.25, 0.3) is 0 Å². The second-order valence-corrected chi connectivity index (χ2v) is 5.75. The zero-order valence-corrected chi connectivity index (χ0v) is 12.7. The van der Waals surface area contributed by atoms with Gasteiger partial charge in [0.1, 0.15) is 5.75 Å². The van der Waals surface area contributed by atoms with Gasteiger partial charge in [-0.1, -0.05) is 43.9 Å². The summed E-state index contributed by atoms with van der Waals surface area (Å²) in [6.45, 7) is 1.95. The lowest BCUT2D eigenvalue weighted by Crippen LogP contribution is -2.44.